The molecule has 0 spiro atoms. The number of nitrogens with zero attached hydrogens (tertiary/aromatic N) is 3. The Kier molecular flexibility index (Phi) is 5.95. The van der Waals surface area contributed by atoms with E-state index in [0.29, 0.717) is 6.54 Å². The van der Waals surface area contributed by atoms with E-state index in [9.17, 15) is 8.42 Å². The van der Waals surface area contributed by atoms with Crippen LogP contribution in [0.5, 0.6) is 0 Å². The van der Waals surface area contributed by atoms with Gasteiger partial charge in [-0.05, 0) is 48.9 Å². The molecule has 6 nitrogen and oxygen atoms in total. The van der Waals surface area contributed by atoms with Crippen molar-refractivity contribution in [3.8, 4) is 11.3 Å². The molecule has 0 aliphatic rings. The molecule has 0 amide bonds. The van der Waals surface area contributed by atoms with Crippen LogP contribution in [-0.2, 0) is 16.6 Å². The van der Waals surface area contributed by atoms with Crippen molar-refractivity contribution in [2.24, 2.45) is 4.99 Å². The number of furan rings is 1. The molecule has 0 saturated carbocycles. The Labute approximate surface area is 185 Å². The third kappa shape index (κ3) is 4.56. The van der Waals surface area contributed by atoms with Crippen molar-refractivity contribution in [3.05, 3.63) is 88.4 Å². The minimum absolute atomic E-state index is 0.263. The lowest BCUT2D eigenvalue weighted by Gasteiger charge is -2.12. The van der Waals surface area contributed by atoms with Crippen LogP contribution in [0.25, 0.3) is 11.3 Å². The maximum absolute atomic E-state index is 12.4. The third-order valence-electron chi connectivity index (χ3n) is 4.88. The normalized spacial score (nSPS) is 12.6. The number of hydrogen-bond donors (Lipinski definition) is 0. The highest BCUT2D eigenvalue weighted by atomic mass is 32.2. The summed E-state index contributed by atoms with van der Waals surface area (Å²) in [4.78, 5) is 5.92. The average Bonchev–Trinajstić information content (AvgIpc) is 3.40. The van der Waals surface area contributed by atoms with Crippen LogP contribution in [0.3, 0.4) is 0 Å². The predicted octanol–water partition coefficient (Wildman–Crippen LogP) is 4.65. The molecule has 8 heteroatoms. The predicted molar refractivity (Wildman–Crippen MR) is 123 cm³/mol. The lowest BCUT2D eigenvalue weighted by Crippen LogP contribution is -2.22. The quantitative estimate of drug-likeness (QED) is 0.427. The van der Waals surface area contributed by atoms with Crippen LogP contribution >= 0.6 is 11.3 Å². The zero-order valence-corrected chi connectivity index (χ0v) is 19.2. The first kappa shape index (κ1) is 21.3. The van der Waals surface area contributed by atoms with Crippen LogP contribution in [0, 0.1) is 6.92 Å². The summed E-state index contributed by atoms with van der Waals surface area (Å²) in [6, 6.07) is 18.8. The molecule has 2 aromatic heterocycles. The molecule has 0 aliphatic carbocycles. The molecule has 0 fully saturated rings. The minimum atomic E-state index is -3.47. The Bertz CT molecular complexity index is 1330. The van der Waals surface area contributed by atoms with Crippen LogP contribution in [-0.4, -0.2) is 31.4 Å². The van der Waals surface area contributed by atoms with Gasteiger partial charge >= 0.3 is 0 Å². The number of hydrogen-bond acceptors (Lipinski definition) is 5. The van der Waals surface area contributed by atoms with E-state index < -0.39 is 10.0 Å². The van der Waals surface area contributed by atoms with E-state index in [0.717, 1.165) is 27.5 Å². The van der Waals surface area contributed by atoms with Gasteiger partial charge in [0.25, 0.3) is 0 Å². The van der Waals surface area contributed by atoms with E-state index in [1.807, 2.05) is 60.8 Å². The summed E-state index contributed by atoms with van der Waals surface area (Å²) in [5.74, 6) is 0.816. The van der Waals surface area contributed by atoms with Gasteiger partial charge < -0.3 is 8.98 Å². The summed E-state index contributed by atoms with van der Waals surface area (Å²) in [5.41, 5.74) is 3.91. The van der Waals surface area contributed by atoms with Crippen LogP contribution in [0.1, 0.15) is 11.3 Å². The molecule has 0 N–H and O–H groups in total. The van der Waals surface area contributed by atoms with E-state index in [2.05, 4.69) is 4.57 Å². The van der Waals surface area contributed by atoms with Gasteiger partial charge in [0.15, 0.2) is 4.80 Å². The number of sulfonamides is 1. The Hall–Kier alpha value is -2.94. The molecule has 4 aromatic rings. The van der Waals surface area contributed by atoms with E-state index in [1.54, 1.807) is 18.4 Å². The fourth-order valence-electron chi connectivity index (χ4n) is 3.10. The fraction of sp³-hybridized carbons (Fsp3) is 0.174. The topological polar surface area (TPSA) is 67.8 Å². The van der Waals surface area contributed by atoms with Crippen molar-refractivity contribution in [1.82, 2.24) is 8.87 Å². The smallest absolute Gasteiger partial charge is 0.242 e. The highest BCUT2D eigenvalue weighted by molar-refractivity contribution is 7.89. The van der Waals surface area contributed by atoms with Gasteiger partial charge in [-0.15, -0.1) is 11.3 Å². The number of aryl methyl sites for hydroxylation is 1. The second-order valence-corrected chi connectivity index (χ2v) is 10.3. The van der Waals surface area contributed by atoms with Gasteiger partial charge in [-0.3, -0.25) is 0 Å². The van der Waals surface area contributed by atoms with Crippen LogP contribution in [0.2, 0.25) is 0 Å². The Balaban J connectivity index is 1.79. The zero-order chi connectivity index (χ0) is 22.0. The number of thiazole rings is 1. The lowest BCUT2D eigenvalue weighted by atomic mass is 10.2. The standard InChI is InChI=1S/C23H23N3O3S2/c1-17-6-10-19(11-7-17)24-23-26(15-20-5-4-14-29-20)22(16-30-23)18-8-12-21(13-9-18)31(27,28)25(2)3/h4-14,16H,15H2,1-3H3. The van der Waals surface area contributed by atoms with Crippen molar-refractivity contribution in [2.45, 2.75) is 18.4 Å². The summed E-state index contributed by atoms with van der Waals surface area (Å²) in [6.07, 6.45) is 1.65. The summed E-state index contributed by atoms with van der Waals surface area (Å²) < 4.78 is 33.6. The maximum atomic E-state index is 12.4. The van der Waals surface area contributed by atoms with Gasteiger partial charge in [-0.25, -0.2) is 17.7 Å². The number of rotatable bonds is 6. The Morgan fingerprint density at radius 3 is 2.35 bits per heavy atom. The van der Waals surface area contributed by atoms with E-state index in [4.69, 9.17) is 9.41 Å². The van der Waals surface area contributed by atoms with Crippen LogP contribution < -0.4 is 4.80 Å². The molecular weight excluding hydrogens is 430 g/mol. The average molecular weight is 454 g/mol. The molecule has 0 bridgehead atoms. The van der Waals surface area contributed by atoms with Gasteiger partial charge in [0.05, 0.1) is 29.1 Å². The zero-order valence-electron chi connectivity index (χ0n) is 17.5. The minimum Gasteiger partial charge on any atom is -0.467 e. The second-order valence-electron chi connectivity index (χ2n) is 7.33. The first-order valence-corrected chi connectivity index (χ1v) is 12.0. The van der Waals surface area contributed by atoms with Crippen molar-refractivity contribution in [2.75, 3.05) is 14.1 Å². The van der Waals surface area contributed by atoms with Gasteiger partial charge in [0.2, 0.25) is 10.0 Å². The number of aromatic nitrogens is 1. The van der Waals surface area contributed by atoms with Crippen molar-refractivity contribution < 1.29 is 12.8 Å². The van der Waals surface area contributed by atoms with E-state index >= 15 is 0 Å². The summed E-state index contributed by atoms with van der Waals surface area (Å²) in [5, 5.41) is 2.03. The molecule has 0 saturated heterocycles. The maximum Gasteiger partial charge on any atom is 0.242 e. The molecular formula is C23H23N3O3S2. The number of benzene rings is 2. The summed E-state index contributed by atoms with van der Waals surface area (Å²) >= 11 is 1.53. The third-order valence-corrected chi connectivity index (χ3v) is 7.57. The monoisotopic (exact) mass is 453 g/mol. The highest BCUT2D eigenvalue weighted by Crippen LogP contribution is 2.24. The van der Waals surface area contributed by atoms with Gasteiger partial charge in [-0.2, -0.15) is 0 Å². The molecule has 0 radical (unpaired) electrons. The molecule has 2 heterocycles. The Morgan fingerprint density at radius 1 is 1.03 bits per heavy atom. The SMILES string of the molecule is Cc1ccc(N=c2scc(-c3ccc(S(=O)(=O)N(C)C)cc3)n2Cc2ccco2)cc1. The van der Waals surface area contributed by atoms with E-state index in [1.165, 1.54) is 35.3 Å². The Morgan fingerprint density at radius 2 is 1.74 bits per heavy atom. The molecule has 0 atom stereocenters. The molecule has 0 unspecified atom stereocenters. The van der Waals surface area contributed by atoms with Crippen LogP contribution in [0.4, 0.5) is 5.69 Å². The van der Waals surface area contributed by atoms with Gasteiger partial charge in [0.1, 0.15) is 5.76 Å². The van der Waals surface area contributed by atoms with Crippen molar-refractivity contribution in [1.29, 1.82) is 0 Å². The fourth-order valence-corrected chi connectivity index (χ4v) is 4.93. The molecule has 4 rings (SSSR count). The first-order chi connectivity index (χ1) is 14.8. The largest absolute Gasteiger partial charge is 0.467 e. The molecule has 160 valence electrons. The van der Waals surface area contributed by atoms with Crippen LogP contribution in [0.15, 0.2) is 86.6 Å². The van der Waals surface area contributed by atoms with Gasteiger partial charge in [-0.1, -0.05) is 29.8 Å². The second kappa shape index (κ2) is 8.66. The molecule has 0 aliphatic heterocycles. The van der Waals surface area contributed by atoms with E-state index in [-0.39, 0.29) is 4.90 Å². The molecule has 2 aromatic carbocycles. The van der Waals surface area contributed by atoms with Crippen molar-refractivity contribution in [3.63, 3.8) is 0 Å². The first-order valence-electron chi connectivity index (χ1n) is 9.70. The summed E-state index contributed by atoms with van der Waals surface area (Å²) in [6.45, 7) is 2.57. The molecule has 31 heavy (non-hydrogen) atoms. The highest BCUT2D eigenvalue weighted by Gasteiger charge is 2.17. The van der Waals surface area contributed by atoms with Crippen molar-refractivity contribution >= 4 is 27.0 Å². The lowest BCUT2D eigenvalue weighted by molar-refractivity contribution is 0.492. The van der Waals surface area contributed by atoms with Gasteiger partial charge in [0, 0.05) is 19.5 Å². The summed E-state index contributed by atoms with van der Waals surface area (Å²) in [7, 11) is -0.418.